The molecule has 9 aromatic rings. The summed E-state index contributed by atoms with van der Waals surface area (Å²) in [6.45, 7) is 4.27. The number of carbonyl (C=O) groups is 4. The monoisotopic (exact) mass is 1840 g/mol. The van der Waals surface area contributed by atoms with Crippen LogP contribution in [0.3, 0.4) is 0 Å². The van der Waals surface area contributed by atoms with E-state index in [0.29, 0.717) is 121 Å². The van der Waals surface area contributed by atoms with Crippen molar-refractivity contribution < 1.29 is 80.9 Å². The number of aliphatic imine (C=N–C) groups is 1. The van der Waals surface area contributed by atoms with Gasteiger partial charge < -0.3 is 58.6 Å². The lowest BCUT2D eigenvalue weighted by atomic mass is 9.32. The molecule has 21 nitrogen and oxygen atoms in total. The molecule has 1 amide bonds. The maximum atomic E-state index is 13.9. The first-order chi connectivity index (χ1) is 61.5. The Morgan fingerprint density at radius 3 is 1.40 bits per heavy atom. The molecule has 0 spiro atoms. The van der Waals surface area contributed by atoms with Crippen LogP contribution in [0.2, 0.25) is 20.1 Å². The Kier molecular flexibility index (Phi) is 21.3. The summed E-state index contributed by atoms with van der Waals surface area (Å²) in [5.41, 5.74) is 10.9. The number of alkyl halides is 2. The number of hydrogen-bond acceptors (Lipinski definition) is 17. The van der Waals surface area contributed by atoms with Crippen LogP contribution in [0.5, 0.6) is 23.0 Å². The first-order valence-corrected chi connectivity index (χ1v) is 46.5. The molecule has 5 aliphatic heterocycles. The van der Waals surface area contributed by atoms with Gasteiger partial charge in [-0.3, -0.25) is 28.9 Å². The molecule has 14 aliphatic carbocycles. The minimum Gasteiger partial charge on any atom is -0.482 e. The largest absolute Gasteiger partial charge is 0.482 e. The fourth-order valence-electron chi connectivity index (χ4n) is 24.5. The van der Waals surface area contributed by atoms with Crippen molar-refractivity contribution >= 4 is 75.4 Å². The van der Waals surface area contributed by atoms with Gasteiger partial charge in [-0.15, -0.1) is 0 Å². The molecule has 14 fully saturated rings. The lowest BCUT2D eigenvalue weighted by Gasteiger charge is -2.71. The van der Waals surface area contributed by atoms with Crippen molar-refractivity contribution in [3.05, 3.63) is 229 Å². The molecule has 3 aromatic heterocycles. The second-order valence-corrected chi connectivity index (χ2v) is 42.5. The lowest BCUT2D eigenvalue weighted by molar-refractivity contribution is -0.266. The highest BCUT2D eigenvalue weighted by atomic mass is 35.5. The van der Waals surface area contributed by atoms with Crippen LogP contribution >= 0.6 is 46.4 Å². The Bertz CT molecular complexity index is 5850. The summed E-state index contributed by atoms with van der Waals surface area (Å²) in [6.07, 6.45) is 24.5. The van der Waals surface area contributed by atoms with Gasteiger partial charge in [0.2, 0.25) is 0 Å². The minimum atomic E-state index is -3.07. The zero-order chi connectivity index (χ0) is 89.6. The zero-order valence-electron chi connectivity index (χ0n) is 71.6. The van der Waals surface area contributed by atoms with Crippen molar-refractivity contribution in [2.24, 2.45) is 32.6 Å². The highest BCUT2D eigenvalue weighted by Gasteiger charge is 2.73. The number of nitrogens with one attached hydrogen (secondary N) is 1. The molecule has 0 unspecified atom stereocenters. The molecule has 0 saturated heterocycles. The van der Waals surface area contributed by atoms with E-state index in [2.05, 4.69) is 40.4 Å². The highest BCUT2D eigenvalue weighted by Crippen LogP contribution is 2.77. The molecule has 28 rings (SSSR count). The van der Waals surface area contributed by atoms with Crippen LogP contribution in [-0.4, -0.2) is 120 Å². The van der Waals surface area contributed by atoms with Crippen molar-refractivity contribution in [2.45, 2.75) is 270 Å². The van der Waals surface area contributed by atoms with Gasteiger partial charge in [0.15, 0.2) is 41.8 Å². The van der Waals surface area contributed by atoms with Crippen molar-refractivity contribution in [3.8, 4) is 45.5 Å². The Morgan fingerprint density at radius 2 is 0.946 bits per heavy atom. The topological polar surface area (TPSA) is 273 Å². The van der Waals surface area contributed by atoms with Gasteiger partial charge >= 0.3 is 6.11 Å². The summed E-state index contributed by atoms with van der Waals surface area (Å²) in [6, 6.07) is 30.6. The van der Waals surface area contributed by atoms with E-state index in [9.17, 15) is 57.2 Å². The van der Waals surface area contributed by atoms with Crippen LogP contribution < -0.4 is 24.3 Å². The number of halogens is 8. The molecule has 8 atom stereocenters. The first kappa shape index (κ1) is 86.4. The number of ether oxygens (including phenoxy) is 5. The van der Waals surface area contributed by atoms with Crippen LogP contribution in [0.1, 0.15) is 237 Å². The number of benzene rings is 6. The number of amides is 1. The molecule has 5 N–H and O–H groups in total. The van der Waals surface area contributed by atoms with E-state index < -0.39 is 54.9 Å². The number of hydrogen-bond donors (Lipinski definition) is 5. The van der Waals surface area contributed by atoms with Gasteiger partial charge in [-0.2, -0.15) is 13.9 Å². The van der Waals surface area contributed by atoms with E-state index in [1.807, 2.05) is 43.5 Å². The van der Waals surface area contributed by atoms with E-state index in [1.54, 1.807) is 105 Å². The number of aliphatic hydroxyl groups is 4. The number of aryl methyl sites for hydroxylation is 2. The molecule has 129 heavy (non-hydrogen) atoms. The van der Waals surface area contributed by atoms with Gasteiger partial charge in [0.1, 0.15) is 34.6 Å². The van der Waals surface area contributed by atoms with Gasteiger partial charge in [0, 0.05) is 159 Å². The quantitative estimate of drug-likeness (QED) is 0.0418. The average molecular weight is 1840 g/mol. The van der Waals surface area contributed by atoms with Gasteiger partial charge in [0.05, 0.1) is 71.8 Å². The van der Waals surface area contributed by atoms with E-state index >= 15 is 0 Å². The third-order valence-corrected chi connectivity index (χ3v) is 32.1. The maximum Gasteiger partial charge on any atom is 0.353 e. The lowest BCUT2D eigenvalue weighted by Crippen LogP contribution is -2.79. The summed E-state index contributed by atoms with van der Waals surface area (Å²) in [4.78, 5) is 65.6. The number of imidazole rings is 2. The van der Waals surface area contributed by atoms with Gasteiger partial charge in [-0.25, -0.2) is 18.7 Å². The fraction of sp³-hybridized carbons (Fsp3) is 0.480. The Balaban J connectivity index is 0.000000104. The summed E-state index contributed by atoms with van der Waals surface area (Å²) in [5, 5.41) is 51.8. The van der Waals surface area contributed by atoms with E-state index in [4.69, 9.17) is 75.1 Å². The van der Waals surface area contributed by atoms with Crippen LogP contribution in [-0.2, 0) is 40.5 Å². The van der Waals surface area contributed by atoms with Crippen LogP contribution in [0.15, 0.2) is 163 Å². The number of Topliss-reactive ketones (excluding diaryl/α,β-unsaturated/α-hetero) is 3. The summed E-state index contributed by atoms with van der Waals surface area (Å²) >= 11 is 24.0. The number of carbonyl (C=O) groups excluding carboxylic acids is 4. The third-order valence-electron chi connectivity index (χ3n) is 31.1. The van der Waals surface area contributed by atoms with Crippen molar-refractivity contribution in [1.82, 2.24) is 34.2 Å². The predicted molar refractivity (Wildman–Crippen MR) is 472 cm³/mol. The number of fused-ring (bicyclic) bond motifs is 4. The van der Waals surface area contributed by atoms with Gasteiger partial charge in [-0.1, -0.05) is 65.0 Å². The number of aliphatic hydroxyl groups excluding tert-OH is 4. The second-order valence-electron chi connectivity index (χ2n) is 40.7. The second kappa shape index (κ2) is 31.7. The molecule has 29 heteroatoms. The number of rotatable bonds is 21. The van der Waals surface area contributed by atoms with Crippen LogP contribution in [0, 0.1) is 53.1 Å². The van der Waals surface area contributed by atoms with Crippen LogP contribution in [0.4, 0.5) is 17.6 Å². The average Bonchev–Trinajstić information content (AvgIpc) is 1.39. The van der Waals surface area contributed by atoms with Crippen molar-refractivity contribution in [2.75, 3.05) is 0 Å². The van der Waals surface area contributed by atoms with E-state index in [-0.39, 0.29) is 110 Å². The summed E-state index contributed by atoms with van der Waals surface area (Å²) < 4.78 is 88.4. The van der Waals surface area contributed by atoms with Crippen LogP contribution in [0.25, 0.3) is 22.5 Å². The number of aromatic nitrogens is 6. The predicted octanol–water partition coefficient (Wildman–Crippen LogP) is 20.0. The molecular formula is C100H100Cl4F4N8O13. The highest BCUT2D eigenvalue weighted by molar-refractivity contribution is 6.31. The Hall–Kier alpha value is -9.28. The number of ketones is 3. The number of allylic oxidation sites excluding steroid dienone is 1. The SMILES string of the molecule is CC(F)(F)OC1CC(C2=CN=C(C34CC(CC(=O)[C@H]5C[C@@H](O)c6cc(Cl)ccc6O5)(C3)C4)C2)C1.Cc1cc(-c2cn(C34CC(NC(=O)[C@H]5C[C@@H](O)c6cc(Cl)ccc6O5)(C3)C4)cn2)ccc1F.Cc1ccc(-c2cn(C34CC(CC(=O)[C@@H]5C[C@H](O)c6cc(Cl)ccc6O5)(C3)C4)cn2)cc1F.O=C(CC12CC(n3cc(C4CCC4)cn3)(C1)C2)[C@H]1C[C@@H](O)c2cc(Cl)ccc2O1. The van der Waals surface area contributed by atoms with E-state index in [1.165, 1.54) is 48.2 Å². The van der Waals surface area contributed by atoms with Gasteiger partial charge in [0.25, 0.3) is 5.91 Å². The fourth-order valence-corrected chi connectivity index (χ4v) is 25.2. The minimum absolute atomic E-state index is 0.00502. The molecular weight excluding hydrogens is 1740 g/mol. The summed E-state index contributed by atoms with van der Waals surface area (Å²) in [7, 11) is 0. The molecule has 19 aliphatic rings. The zero-order valence-corrected chi connectivity index (χ0v) is 74.6. The van der Waals surface area contributed by atoms with Crippen molar-refractivity contribution in [1.29, 1.82) is 0 Å². The standard InChI is InChI=1S/C26H28ClF2NO4.C26H24ClFN2O3.C25H23ClFN3O3.C23H25ClN2O3/c1-24(28,29)34-17-4-14(5-17)15-6-23(30-10-15)26-11-25(12-26,13-26)9-20(32)22-8-19(31)18-7-16(27)2-3-21(18)33-22;1-15-2-3-16(6-19(15)28)20-10-30(14-29-20)26-11-25(12-26,13-26)9-22(32)24-8-21(31)18-7-17(27)4-5-23(18)33-24;1-14-6-15(2-4-18(14)27)19-9-30(13-28-19)25-10-24(11-25,12-25)29-23(32)22-8-20(31)17-7-16(26)3-5-21(17)33-22;24-16-4-5-20-17(6-16)18(27)7-21(29-20)19(28)8-22-11-23(12-22,13-22)26-10-15(9-25-26)14-2-1-3-14/h2-3,7,10,14,17,19,22,31H,4-6,8-9,11-13H2,1H3;2-7,10,14,21,24,31H,8-9,11-13H2,1H3;2-7,9,13,20,22,31H,8,10-12H2,1H3,(H,29,32);4-6,9-10,14,18,21,27H,1-3,7-8,11-13H2/t14?,17?,19-,22-,25?,26?;21-,24-,25?,26?;20-,22-,24?,25?;18-,21-,22?,23?/m1011/s1. The smallest absolute Gasteiger partial charge is 0.353 e. The molecule has 8 heterocycles. The molecule has 674 valence electrons. The molecule has 14 saturated carbocycles. The maximum absolute atomic E-state index is 13.9. The molecule has 8 bridgehead atoms. The normalized spacial score (nSPS) is 32.9. The first-order valence-electron chi connectivity index (χ1n) is 45.0. The van der Waals surface area contributed by atoms with Gasteiger partial charge in [-0.05, 0) is 264 Å². The molecule has 6 aromatic carbocycles. The Labute approximate surface area is 763 Å². The Morgan fingerprint density at radius 1 is 0.512 bits per heavy atom. The number of nitrogens with zero attached hydrogens (tertiary/aromatic N) is 7. The third kappa shape index (κ3) is 15.8. The van der Waals surface area contributed by atoms with Crippen molar-refractivity contribution in [3.63, 3.8) is 0 Å². The van der Waals surface area contributed by atoms with E-state index in [0.717, 1.165) is 113 Å². The molecule has 0 radical (unpaired) electrons. The summed E-state index contributed by atoms with van der Waals surface area (Å²) in [5.74, 6) is 2.66.